The lowest BCUT2D eigenvalue weighted by atomic mass is 9.96. The van der Waals surface area contributed by atoms with Crippen molar-refractivity contribution in [2.75, 3.05) is 11.9 Å². The van der Waals surface area contributed by atoms with Crippen LogP contribution in [0, 0.1) is 5.92 Å². The molecule has 5 nitrogen and oxygen atoms in total. The minimum Gasteiger partial charge on any atom is -0.396 e. The molecule has 1 aliphatic rings. The number of nitrogens with one attached hydrogen (secondary N) is 1. The molecule has 0 saturated heterocycles. The molecule has 0 bridgehead atoms. The van der Waals surface area contributed by atoms with Gasteiger partial charge in [-0.15, -0.1) is 10.2 Å². The van der Waals surface area contributed by atoms with E-state index in [-0.39, 0.29) is 6.61 Å². The molecule has 1 aliphatic carbocycles. The van der Waals surface area contributed by atoms with Crippen LogP contribution >= 0.6 is 11.3 Å². The summed E-state index contributed by atoms with van der Waals surface area (Å²) < 4.78 is 0. The third kappa shape index (κ3) is 3.57. The first-order valence-corrected chi connectivity index (χ1v) is 8.31. The molecule has 0 aromatic carbocycles. The number of aliphatic hydroxyl groups is 1. The third-order valence-electron chi connectivity index (χ3n) is 4.01. The first-order chi connectivity index (χ1) is 10.4. The fourth-order valence-electron chi connectivity index (χ4n) is 2.83. The number of rotatable bonds is 4. The zero-order valence-corrected chi connectivity index (χ0v) is 12.7. The number of hydrogen-bond donors (Lipinski definition) is 2. The van der Waals surface area contributed by atoms with Crippen molar-refractivity contribution in [3.63, 3.8) is 0 Å². The molecule has 0 radical (unpaired) electrons. The van der Waals surface area contributed by atoms with Gasteiger partial charge in [-0.1, -0.05) is 36.7 Å². The number of pyridine rings is 1. The van der Waals surface area contributed by atoms with Gasteiger partial charge >= 0.3 is 0 Å². The van der Waals surface area contributed by atoms with Gasteiger partial charge in [-0.2, -0.15) is 0 Å². The molecule has 0 spiro atoms. The monoisotopic (exact) mass is 304 g/mol. The molecule has 1 saturated carbocycles. The van der Waals surface area contributed by atoms with Crippen LogP contribution in [-0.2, 0) is 0 Å². The van der Waals surface area contributed by atoms with Gasteiger partial charge in [-0.25, -0.2) is 0 Å². The number of nitrogens with zero attached hydrogens (tertiary/aromatic N) is 3. The van der Waals surface area contributed by atoms with E-state index < -0.39 is 0 Å². The van der Waals surface area contributed by atoms with Gasteiger partial charge in [0.15, 0.2) is 5.01 Å². The second kappa shape index (κ2) is 6.95. The number of anilines is 1. The average Bonchev–Trinajstić information content (AvgIpc) is 2.88. The van der Waals surface area contributed by atoms with Gasteiger partial charge in [0, 0.05) is 24.8 Å². The first kappa shape index (κ1) is 14.4. The van der Waals surface area contributed by atoms with Gasteiger partial charge in [-0.3, -0.25) is 4.98 Å². The molecule has 2 aromatic rings. The molecule has 2 aromatic heterocycles. The number of hydrogen-bond acceptors (Lipinski definition) is 6. The SMILES string of the molecule is OC[C@H]1CCCCC[C@@H]1Nc1nnc(-c2ccccn2)s1. The van der Waals surface area contributed by atoms with Gasteiger partial charge in [0.2, 0.25) is 5.13 Å². The van der Waals surface area contributed by atoms with Crippen LogP contribution in [0.3, 0.4) is 0 Å². The first-order valence-electron chi connectivity index (χ1n) is 7.49. The number of aromatic nitrogens is 3. The van der Waals surface area contributed by atoms with E-state index in [9.17, 15) is 5.11 Å². The fraction of sp³-hybridized carbons (Fsp3) is 0.533. The van der Waals surface area contributed by atoms with Crippen LogP contribution in [0.25, 0.3) is 10.7 Å². The summed E-state index contributed by atoms with van der Waals surface area (Å²) in [6, 6.07) is 6.07. The zero-order valence-electron chi connectivity index (χ0n) is 11.9. The second-order valence-electron chi connectivity index (χ2n) is 5.46. The molecule has 2 N–H and O–H groups in total. The van der Waals surface area contributed by atoms with Crippen LogP contribution in [0.4, 0.5) is 5.13 Å². The molecule has 2 heterocycles. The minimum absolute atomic E-state index is 0.240. The summed E-state index contributed by atoms with van der Waals surface area (Å²) >= 11 is 1.52. The van der Waals surface area contributed by atoms with E-state index in [4.69, 9.17) is 0 Å². The topological polar surface area (TPSA) is 70.9 Å². The molecule has 2 atom stereocenters. The Balaban J connectivity index is 1.71. The molecule has 21 heavy (non-hydrogen) atoms. The molecule has 0 unspecified atom stereocenters. The predicted molar refractivity (Wildman–Crippen MR) is 84.2 cm³/mol. The van der Waals surface area contributed by atoms with E-state index in [0.717, 1.165) is 28.7 Å². The molecule has 1 fully saturated rings. The van der Waals surface area contributed by atoms with Crippen LogP contribution in [-0.4, -0.2) is 32.9 Å². The van der Waals surface area contributed by atoms with Gasteiger partial charge in [0.1, 0.15) is 5.69 Å². The predicted octanol–water partition coefficient (Wildman–Crippen LogP) is 2.95. The Hall–Kier alpha value is -1.53. The van der Waals surface area contributed by atoms with E-state index in [1.165, 1.54) is 30.6 Å². The average molecular weight is 304 g/mol. The van der Waals surface area contributed by atoms with Gasteiger partial charge < -0.3 is 10.4 Å². The highest BCUT2D eigenvalue weighted by molar-refractivity contribution is 7.18. The van der Waals surface area contributed by atoms with Gasteiger partial charge in [-0.05, 0) is 25.0 Å². The Kier molecular flexibility index (Phi) is 4.77. The molecule has 3 rings (SSSR count). The highest BCUT2D eigenvalue weighted by Gasteiger charge is 2.24. The van der Waals surface area contributed by atoms with E-state index in [0.29, 0.717) is 12.0 Å². The fourth-order valence-corrected chi connectivity index (χ4v) is 3.61. The van der Waals surface area contributed by atoms with Crippen molar-refractivity contribution in [2.45, 2.75) is 38.1 Å². The number of aliphatic hydroxyl groups excluding tert-OH is 1. The Morgan fingerprint density at radius 1 is 1.19 bits per heavy atom. The van der Waals surface area contributed by atoms with Crippen LogP contribution in [0.1, 0.15) is 32.1 Å². The Labute approximate surface area is 128 Å². The lowest BCUT2D eigenvalue weighted by Gasteiger charge is -2.23. The highest BCUT2D eigenvalue weighted by Crippen LogP contribution is 2.29. The minimum atomic E-state index is 0.240. The summed E-state index contributed by atoms with van der Waals surface area (Å²) in [6.45, 7) is 0.240. The molecule has 112 valence electrons. The Morgan fingerprint density at radius 3 is 2.90 bits per heavy atom. The Morgan fingerprint density at radius 2 is 2.10 bits per heavy atom. The quantitative estimate of drug-likeness (QED) is 0.850. The van der Waals surface area contributed by atoms with Crippen LogP contribution in [0.15, 0.2) is 24.4 Å². The van der Waals surface area contributed by atoms with Crippen molar-refractivity contribution in [3.05, 3.63) is 24.4 Å². The smallest absolute Gasteiger partial charge is 0.206 e. The van der Waals surface area contributed by atoms with Crippen molar-refractivity contribution in [1.82, 2.24) is 15.2 Å². The van der Waals surface area contributed by atoms with Crippen molar-refractivity contribution in [2.24, 2.45) is 5.92 Å². The van der Waals surface area contributed by atoms with Crippen molar-refractivity contribution in [1.29, 1.82) is 0 Å². The van der Waals surface area contributed by atoms with E-state index in [1.54, 1.807) is 6.20 Å². The van der Waals surface area contributed by atoms with Gasteiger partial charge in [0.25, 0.3) is 0 Å². The standard InChI is InChI=1S/C15H20N4OS/c20-10-11-6-2-1-3-7-12(11)17-15-19-18-14(21-15)13-8-4-5-9-16-13/h4-5,8-9,11-12,20H,1-3,6-7,10H2,(H,17,19)/t11-,12+/m1/s1. The molecule has 0 aliphatic heterocycles. The van der Waals surface area contributed by atoms with E-state index in [1.807, 2.05) is 18.2 Å². The summed E-state index contributed by atoms with van der Waals surface area (Å²) in [7, 11) is 0. The lowest BCUT2D eigenvalue weighted by molar-refractivity contribution is 0.203. The summed E-state index contributed by atoms with van der Waals surface area (Å²) in [5, 5.41) is 23.1. The van der Waals surface area contributed by atoms with E-state index in [2.05, 4.69) is 20.5 Å². The maximum absolute atomic E-state index is 9.57. The maximum atomic E-state index is 9.57. The second-order valence-corrected chi connectivity index (χ2v) is 6.44. The molecule has 6 heteroatoms. The Bertz CT molecular complexity index is 560. The van der Waals surface area contributed by atoms with Crippen molar-refractivity contribution < 1.29 is 5.11 Å². The van der Waals surface area contributed by atoms with Crippen LogP contribution in [0.5, 0.6) is 0 Å². The summed E-state index contributed by atoms with van der Waals surface area (Å²) in [5.74, 6) is 0.315. The summed E-state index contributed by atoms with van der Waals surface area (Å²) in [5.41, 5.74) is 0.850. The normalized spacial score (nSPS) is 22.7. The van der Waals surface area contributed by atoms with Crippen molar-refractivity contribution in [3.8, 4) is 10.7 Å². The summed E-state index contributed by atoms with van der Waals surface area (Å²) in [4.78, 5) is 4.30. The largest absolute Gasteiger partial charge is 0.396 e. The van der Waals surface area contributed by atoms with E-state index >= 15 is 0 Å². The maximum Gasteiger partial charge on any atom is 0.206 e. The molecular formula is C15H20N4OS. The molecule has 0 amide bonds. The van der Waals surface area contributed by atoms with Crippen molar-refractivity contribution >= 4 is 16.5 Å². The zero-order chi connectivity index (χ0) is 14.5. The van der Waals surface area contributed by atoms with Gasteiger partial charge in [0.05, 0.1) is 0 Å². The molecular weight excluding hydrogens is 284 g/mol. The highest BCUT2D eigenvalue weighted by atomic mass is 32.1. The lowest BCUT2D eigenvalue weighted by Crippen LogP contribution is -2.30. The summed E-state index contributed by atoms with van der Waals surface area (Å²) in [6.07, 6.45) is 7.60. The van der Waals surface area contributed by atoms with Crippen LogP contribution < -0.4 is 5.32 Å². The third-order valence-corrected chi connectivity index (χ3v) is 4.89. The van der Waals surface area contributed by atoms with Crippen LogP contribution in [0.2, 0.25) is 0 Å².